The van der Waals surface area contributed by atoms with Crippen LogP contribution in [0.4, 0.5) is 4.79 Å². The van der Waals surface area contributed by atoms with Crippen molar-refractivity contribution in [3.63, 3.8) is 0 Å². The Morgan fingerprint density at radius 1 is 1.35 bits per heavy atom. The van der Waals surface area contributed by atoms with E-state index in [-0.39, 0.29) is 6.03 Å². The van der Waals surface area contributed by atoms with Crippen LogP contribution >= 0.6 is 0 Å². The number of benzene rings is 1. The van der Waals surface area contributed by atoms with Gasteiger partial charge in [-0.3, -0.25) is 0 Å². The number of urea groups is 1. The maximum absolute atomic E-state index is 11.9. The number of carboxylic acid groups (broad SMARTS) is 1. The lowest BCUT2D eigenvalue weighted by molar-refractivity contribution is -0.141. The van der Waals surface area contributed by atoms with Gasteiger partial charge in [0.1, 0.15) is 18.4 Å². The predicted molar refractivity (Wildman–Crippen MR) is 72.7 cm³/mol. The van der Waals surface area contributed by atoms with Crippen LogP contribution in [0, 0.1) is 0 Å². The average molecular weight is 278 g/mol. The van der Waals surface area contributed by atoms with Crippen molar-refractivity contribution in [1.82, 2.24) is 10.2 Å². The van der Waals surface area contributed by atoms with Crippen LogP contribution in [0.25, 0.3) is 0 Å². The maximum atomic E-state index is 11.9. The Labute approximate surface area is 117 Å². The summed E-state index contributed by atoms with van der Waals surface area (Å²) < 4.78 is 5.44. The largest absolute Gasteiger partial charge is 0.492 e. The van der Waals surface area contributed by atoms with E-state index < -0.39 is 12.0 Å². The van der Waals surface area contributed by atoms with Gasteiger partial charge in [0.25, 0.3) is 0 Å². The van der Waals surface area contributed by atoms with Crippen molar-refractivity contribution < 1.29 is 19.4 Å². The zero-order chi connectivity index (χ0) is 14.4. The maximum Gasteiger partial charge on any atom is 0.326 e. The Hall–Kier alpha value is -2.24. The smallest absolute Gasteiger partial charge is 0.326 e. The van der Waals surface area contributed by atoms with Crippen LogP contribution in [-0.4, -0.2) is 47.7 Å². The Kier molecular flexibility index (Phi) is 4.81. The van der Waals surface area contributed by atoms with Gasteiger partial charge >= 0.3 is 12.0 Å². The predicted octanol–water partition coefficient (Wildman–Crippen LogP) is 1.32. The Morgan fingerprint density at radius 2 is 2.10 bits per heavy atom. The summed E-state index contributed by atoms with van der Waals surface area (Å²) in [4.78, 5) is 24.2. The first-order valence-electron chi connectivity index (χ1n) is 6.63. The first-order valence-corrected chi connectivity index (χ1v) is 6.63. The van der Waals surface area contributed by atoms with Gasteiger partial charge in [0.2, 0.25) is 0 Å². The number of carbonyl (C=O) groups excluding carboxylic acids is 1. The van der Waals surface area contributed by atoms with E-state index in [0.717, 1.165) is 12.2 Å². The lowest BCUT2D eigenvalue weighted by Crippen LogP contribution is -2.46. The molecule has 1 fully saturated rings. The topological polar surface area (TPSA) is 78.9 Å². The van der Waals surface area contributed by atoms with Crippen LogP contribution in [0.1, 0.15) is 12.8 Å². The number of hydrogen-bond donors (Lipinski definition) is 2. The highest BCUT2D eigenvalue weighted by molar-refractivity contribution is 5.83. The molecule has 0 aliphatic carbocycles. The zero-order valence-corrected chi connectivity index (χ0v) is 11.1. The number of amides is 2. The number of carbonyl (C=O) groups is 2. The third-order valence-corrected chi connectivity index (χ3v) is 3.19. The molecule has 20 heavy (non-hydrogen) atoms. The van der Waals surface area contributed by atoms with Crippen LogP contribution < -0.4 is 10.1 Å². The molecular formula is C14H18N2O4. The molecule has 1 saturated heterocycles. The molecule has 1 aliphatic rings. The van der Waals surface area contributed by atoms with Crippen LogP contribution in [0.2, 0.25) is 0 Å². The third-order valence-electron chi connectivity index (χ3n) is 3.19. The summed E-state index contributed by atoms with van der Waals surface area (Å²) in [5, 5.41) is 11.7. The Bertz CT molecular complexity index is 464. The van der Waals surface area contributed by atoms with Crippen molar-refractivity contribution in [3.8, 4) is 5.75 Å². The van der Waals surface area contributed by atoms with E-state index in [4.69, 9.17) is 9.84 Å². The molecule has 1 aromatic rings. The molecule has 2 amide bonds. The van der Waals surface area contributed by atoms with Crippen LogP contribution in [0.5, 0.6) is 5.75 Å². The summed E-state index contributed by atoms with van der Waals surface area (Å²) in [7, 11) is 0. The summed E-state index contributed by atoms with van der Waals surface area (Å²) in [5.74, 6) is -0.204. The van der Waals surface area contributed by atoms with Crippen molar-refractivity contribution in [2.45, 2.75) is 18.9 Å². The number of likely N-dealkylation sites (tertiary alicyclic amines) is 1. The minimum atomic E-state index is -0.946. The molecule has 0 saturated carbocycles. The van der Waals surface area contributed by atoms with Gasteiger partial charge in [-0.2, -0.15) is 0 Å². The molecule has 1 aliphatic heterocycles. The van der Waals surface area contributed by atoms with Gasteiger partial charge in [-0.25, -0.2) is 9.59 Å². The molecule has 0 radical (unpaired) electrons. The third kappa shape index (κ3) is 3.63. The number of nitrogens with zero attached hydrogens (tertiary/aromatic N) is 1. The Morgan fingerprint density at radius 3 is 2.80 bits per heavy atom. The van der Waals surface area contributed by atoms with Gasteiger partial charge in [0.15, 0.2) is 0 Å². The quantitative estimate of drug-likeness (QED) is 0.796. The van der Waals surface area contributed by atoms with Crippen molar-refractivity contribution in [3.05, 3.63) is 30.3 Å². The van der Waals surface area contributed by atoms with Gasteiger partial charge in [-0.15, -0.1) is 0 Å². The molecule has 0 bridgehead atoms. The number of hydrogen-bond acceptors (Lipinski definition) is 3. The molecule has 6 nitrogen and oxygen atoms in total. The lowest BCUT2D eigenvalue weighted by atomic mass is 10.2. The zero-order valence-electron chi connectivity index (χ0n) is 11.1. The number of para-hydroxylation sites is 1. The number of ether oxygens (including phenoxy) is 1. The first kappa shape index (κ1) is 14.2. The van der Waals surface area contributed by atoms with E-state index in [1.807, 2.05) is 30.3 Å². The second-order valence-corrected chi connectivity index (χ2v) is 4.58. The minimum absolute atomic E-state index is 0.341. The SMILES string of the molecule is O=C(O)C1CCCN1C(=O)NCCOc1ccccc1. The summed E-state index contributed by atoms with van der Waals surface area (Å²) in [5.41, 5.74) is 0. The van der Waals surface area contributed by atoms with E-state index in [0.29, 0.717) is 26.1 Å². The fourth-order valence-electron chi connectivity index (χ4n) is 2.21. The highest BCUT2D eigenvalue weighted by atomic mass is 16.5. The number of aliphatic carboxylic acids is 1. The van der Waals surface area contributed by atoms with E-state index in [1.165, 1.54) is 4.90 Å². The number of nitrogens with one attached hydrogen (secondary N) is 1. The molecule has 1 aromatic carbocycles. The van der Waals surface area contributed by atoms with Crippen molar-refractivity contribution in [2.24, 2.45) is 0 Å². The molecule has 1 unspecified atom stereocenters. The van der Waals surface area contributed by atoms with Crippen LogP contribution in [0.3, 0.4) is 0 Å². The molecular weight excluding hydrogens is 260 g/mol. The van der Waals surface area contributed by atoms with E-state index >= 15 is 0 Å². The summed E-state index contributed by atoms with van der Waals surface area (Å²) in [6.07, 6.45) is 1.24. The second-order valence-electron chi connectivity index (χ2n) is 4.58. The van der Waals surface area contributed by atoms with Gasteiger partial charge in [-0.05, 0) is 25.0 Å². The summed E-state index contributed by atoms with van der Waals surface area (Å²) in [6, 6.07) is 8.27. The van der Waals surface area contributed by atoms with E-state index in [9.17, 15) is 9.59 Å². The molecule has 2 N–H and O–H groups in total. The molecule has 1 atom stereocenters. The Balaban J connectivity index is 1.71. The molecule has 2 rings (SSSR count). The van der Waals surface area contributed by atoms with E-state index in [2.05, 4.69) is 5.32 Å². The fourth-order valence-corrected chi connectivity index (χ4v) is 2.21. The van der Waals surface area contributed by atoms with E-state index in [1.54, 1.807) is 0 Å². The van der Waals surface area contributed by atoms with Crippen LogP contribution in [0.15, 0.2) is 30.3 Å². The monoisotopic (exact) mass is 278 g/mol. The molecule has 1 heterocycles. The second kappa shape index (κ2) is 6.79. The molecule has 6 heteroatoms. The first-order chi connectivity index (χ1) is 9.68. The average Bonchev–Trinajstić information content (AvgIpc) is 2.94. The van der Waals surface area contributed by atoms with Gasteiger partial charge in [0.05, 0.1) is 6.54 Å². The summed E-state index contributed by atoms with van der Waals surface area (Å²) in [6.45, 7) is 1.18. The standard InChI is InChI=1S/C14H18N2O4/c17-13(18)12-7-4-9-16(12)14(19)15-8-10-20-11-5-2-1-3-6-11/h1-3,5-6,12H,4,7-10H2,(H,15,19)(H,17,18). The normalized spacial score (nSPS) is 17.8. The van der Waals surface area contributed by atoms with Crippen molar-refractivity contribution in [2.75, 3.05) is 19.7 Å². The highest BCUT2D eigenvalue weighted by Gasteiger charge is 2.33. The molecule has 108 valence electrons. The van der Waals surface area contributed by atoms with Gasteiger partial charge < -0.3 is 20.1 Å². The van der Waals surface area contributed by atoms with Crippen molar-refractivity contribution in [1.29, 1.82) is 0 Å². The lowest BCUT2D eigenvalue weighted by Gasteiger charge is -2.21. The van der Waals surface area contributed by atoms with Crippen molar-refractivity contribution >= 4 is 12.0 Å². The van der Waals surface area contributed by atoms with Crippen LogP contribution in [-0.2, 0) is 4.79 Å². The number of rotatable bonds is 5. The highest BCUT2D eigenvalue weighted by Crippen LogP contribution is 2.17. The van der Waals surface area contributed by atoms with Gasteiger partial charge in [0, 0.05) is 6.54 Å². The minimum Gasteiger partial charge on any atom is -0.492 e. The number of carboxylic acids is 1. The van der Waals surface area contributed by atoms with Gasteiger partial charge in [-0.1, -0.05) is 18.2 Å². The molecule has 0 spiro atoms. The fraction of sp³-hybridized carbons (Fsp3) is 0.429. The summed E-state index contributed by atoms with van der Waals surface area (Å²) >= 11 is 0. The molecule has 0 aromatic heterocycles.